The van der Waals surface area contributed by atoms with Gasteiger partial charge in [0.1, 0.15) is 11.5 Å². The molecule has 1 N–H and O–H groups in total. The van der Waals surface area contributed by atoms with Gasteiger partial charge in [-0.25, -0.2) is 0 Å². The second-order valence-corrected chi connectivity index (χ2v) is 4.07. The van der Waals surface area contributed by atoms with Gasteiger partial charge in [0.25, 0.3) is 5.69 Å². The number of nitrogens with zero attached hydrogens (tertiary/aromatic N) is 1. The van der Waals surface area contributed by atoms with E-state index in [4.69, 9.17) is 4.74 Å². The summed E-state index contributed by atoms with van der Waals surface area (Å²) in [4.78, 5) is 10.3. The zero-order chi connectivity index (χ0) is 13.8. The maximum atomic E-state index is 10.7. The van der Waals surface area contributed by atoms with Gasteiger partial charge in [-0.2, -0.15) is 0 Å². The Morgan fingerprint density at radius 3 is 2.63 bits per heavy atom. The fourth-order valence-electron chi connectivity index (χ4n) is 1.76. The highest BCUT2D eigenvalue weighted by molar-refractivity contribution is 5.46. The Morgan fingerprint density at radius 2 is 2.00 bits per heavy atom. The van der Waals surface area contributed by atoms with Gasteiger partial charge in [0.05, 0.1) is 11.5 Å². The summed E-state index contributed by atoms with van der Waals surface area (Å²) in [5, 5.41) is 19.9. The van der Waals surface area contributed by atoms with Crippen molar-refractivity contribution in [1.29, 1.82) is 0 Å². The summed E-state index contributed by atoms with van der Waals surface area (Å²) in [5.41, 5.74) is 1.25. The molecule has 0 amide bonds. The second-order valence-electron chi connectivity index (χ2n) is 4.07. The molecular formula is C14H13NO4. The minimum absolute atomic E-state index is 0.0581. The molecule has 5 nitrogen and oxygen atoms in total. The number of benzene rings is 2. The zero-order valence-electron chi connectivity index (χ0n) is 10.4. The highest BCUT2D eigenvalue weighted by atomic mass is 16.6. The molecule has 0 bridgehead atoms. The molecule has 0 aliphatic carbocycles. The molecular weight excluding hydrogens is 246 g/mol. The van der Waals surface area contributed by atoms with Gasteiger partial charge in [-0.05, 0) is 25.1 Å². The SMILES string of the molecule is Cc1cc(Oc2ccccc2CO)ccc1[N+](=O)[O-]. The third-order valence-electron chi connectivity index (χ3n) is 2.74. The highest BCUT2D eigenvalue weighted by Crippen LogP contribution is 2.29. The molecule has 19 heavy (non-hydrogen) atoms. The number of para-hydroxylation sites is 1. The lowest BCUT2D eigenvalue weighted by Gasteiger charge is -2.10. The Hall–Kier alpha value is -2.40. The van der Waals surface area contributed by atoms with E-state index in [1.807, 2.05) is 0 Å². The molecule has 2 aromatic rings. The maximum Gasteiger partial charge on any atom is 0.272 e. The van der Waals surface area contributed by atoms with Crippen molar-refractivity contribution >= 4 is 5.69 Å². The Bertz CT molecular complexity index is 610. The third-order valence-corrected chi connectivity index (χ3v) is 2.74. The number of rotatable bonds is 4. The first kappa shape index (κ1) is 13.0. The monoisotopic (exact) mass is 259 g/mol. The van der Waals surface area contributed by atoms with Crippen molar-refractivity contribution in [2.45, 2.75) is 13.5 Å². The molecule has 98 valence electrons. The molecule has 0 saturated heterocycles. The summed E-state index contributed by atoms with van der Waals surface area (Å²) in [6, 6.07) is 11.7. The Labute approximate surface area is 110 Å². The quantitative estimate of drug-likeness (QED) is 0.676. The number of ether oxygens (including phenoxy) is 1. The first-order valence-electron chi connectivity index (χ1n) is 5.73. The van der Waals surface area contributed by atoms with Crippen LogP contribution in [0.25, 0.3) is 0 Å². The summed E-state index contributed by atoms with van der Waals surface area (Å²) in [6.07, 6.45) is 0. The summed E-state index contributed by atoms with van der Waals surface area (Å²) in [6.45, 7) is 1.53. The van der Waals surface area contributed by atoms with E-state index in [1.54, 1.807) is 43.3 Å². The van der Waals surface area contributed by atoms with Crippen LogP contribution >= 0.6 is 0 Å². The molecule has 2 rings (SSSR count). The molecule has 0 unspecified atom stereocenters. The molecule has 0 spiro atoms. The van der Waals surface area contributed by atoms with Crippen LogP contribution in [-0.2, 0) is 6.61 Å². The number of hydrogen-bond acceptors (Lipinski definition) is 4. The van der Waals surface area contributed by atoms with Crippen LogP contribution in [-0.4, -0.2) is 10.0 Å². The minimum atomic E-state index is -0.430. The molecule has 0 heterocycles. The van der Waals surface area contributed by atoms with Crippen molar-refractivity contribution in [3.8, 4) is 11.5 Å². The molecule has 5 heteroatoms. The van der Waals surface area contributed by atoms with Gasteiger partial charge in [0.15, 0.2) is 0 Å². The lowest BCUT2D eigenvalue weighted by Crippen LogP contribution is -1.94. The fourth-order valence-corrected chi connectivity index (χ4v) is 1.76. The van der Waals surface area contributed by atoms with Crippen molar-refractivity contribution in [1.82, 2.24) is 0 Å². The van der Waals surface area contributed by atoms with Gasteiger partial charge < -0.3 is 9.84 Å². The first-order valence-corrected chi connectivity index (χ1v) is 5.73. The summed E-state index contributed by atoms with van der Waals surface area (Å²) >= 11 is 0. The normalized spacial score (nSPS) is 10.2. The van der Waals surface area contributed by atoms with Gasteiger partial charge in [0, 0.05) is 17.2 Å². The van der Waals surface area contributed by atoms with Crippen LogP contribution in [0.2, 0.25) is 0 Å². The Morgan fingerprint density at radius 1 is 1.26 bits per heavy atom. The number of aryl methyl sites for hydroxylation is 1. The van der Waals surface area contributed by atoms with Crippen molar-refractivity contribution in [2.24, 2.45) is 0 Å². The van der Waals surface area contributed by atoms with Gasteiger partial charge in [-0.1, -0.05) is 18.2 Å². The van der Waals surface area contributed by atoms with Crippen molar-refractivity contribution in [3.63, 3.8) is 0 Å². The van der Waals surface area contributed by atoms with Crippen LogP contribution in [0.15, 0.2) is 42.5 Å². The lowest BCUT2D eigenvalue weighted by molar-refractivity contribution is -0.385. The number of aliphatic hydroxyl groups excluding tert-OH is 1. The standard InChI is InChI=1S/C14H13NO4/c1-10-8-12(6-7-13(10)15(17)18)19-14-5-3-2-4-11(14)9-16/h2-8,16H,9H2,1H3. The lowest BCUT2D eigenvalue weighted by atomic mass is 10.2. The number of hydrogen-bond donors (Lipinski definition) is 1. The van der Waals surface area contributed by atoms with Crippen molar-refractivity contribution in [3.05, 3.63) is 63.7 Å². The van der Waals surface area contributed by atoms with Gasteiger partial charge >= 0.3 is 0 Å². The van der Waals surface area contributed by atoms with Gasteiger partial charge in [-0.15, -0.1) is 0 Å². The molecule has 0 aromatic heterocycles. The van der Waals surface area contributed by atoms with Crippen LogP contribution in [0, 0.1) is 17.0 Å². The molecule has 2 aromatic carbocycles. The first-order chi connectivity index (χ1) is 9.11. The highest BCUT2D eigenvalue weighted by Gasteiger charge is 2.11. The summed E-state index contributed by atoms with van der Waals surface area (Å²) < 4.78 is 5.63. The molecule has 0 aliphatic heterocycles. The predicted molar refractivity (Wildman–Crippen MR) is 70.3 cm³/mol. The zero-order valence-corrected chi connectivity index (χ0v) is 10.4. The fraction of sp³-hybridized carbons (Fsp3) is 0.143. The van der Waals surface area contributed by atoms with E-state index in [0.29, 0.717) is 22.6 Å². The smallest absolute Gasteiger partial charge is 0.272 e. The van der Waals surface area contributed by atoms with Crippen LogP contribution in [0.3, 0.4) is 0 Å². The van der Waals surface area contributed by atoms with E-state index < -0.39 is 4.92 Å². The van der Waals surface area contributed by atoms with E-state index >= 15 is 0 Å². The largest absolute Gasteiger partial charge is 0.457 e. The van der Waals surface area contributed by atoms with Crippen molar-refractivity contribution in [2.75, 3.05) is 0 Å². The molecule has 0 aliphatic rings. The summed E-state index contributed by atoms with van der Waals surface area (Å²) in [7, 11) is 0. The van der Waals surface area contributed by atoms with E-state index in [1.165, 1.54) is 6.07 Å². The van der Waals surface area contributed by atoms with E-state index in [-0.39, 0.29) is 12.3 Å². The van der Waals surface area contributed by atoms with Crippen LogP contribution < -0.4 is 4.74 Å². The Balaban J connectivity index is 2.29. The molecule has 0 saturated carbocycles. The van der Waals surface area contributed by atoms with Crippen molar-refractivity contribution < 1.29 is 14.8 Å². The topological polar surface area (TPSA) is 72.6 Å². The molecule has 0 fully saturated rings. The van der Waals surface area contributed by atoms with E-state index in [9.17, 15) is 15.2 Å². The molecule has 0 atom stereocenters. The predicted octanol–water partition coefficient (Wildman–Crippen LogP) is 3.19. The Kier molecular flexibility index (Phi) is 3.77. The maximum absolute atomic E-state index is 10.7. The average molecular weight is 259 g/mol. The van der Waals surface area contributed by atoms with E-state index in [2.05, 4.69) is 0 Å². The van der Waals surface area contributed by atoms with Crippen LogP contribution in [0.1, 0.15) is 11.1 Å². The molecule has 0 radical (unpaired) electrons. The summed E-state index contributed by atoms with van der Waals surface area (Å²) in [5.74, 6) is 1.04. The van der Waals surface area contributed by atoms with Gasteiger partial charge in [-0.3, -0.25) is 10.1 Å². The second kappa shape index (κ2) is 5.49. The minimum Gasteiger partial charge on any atom is -0.457 e. The number of aliphatic hydroxyl groups is 1. The van der Waals surface area contributed by atoms with Gasteiger partial charge in [0.2, 0.25) is 0 Å². The third kappa shape index (κ3) is 2.89. The number of nitro groups is 1. The van der Waals surface area contributed by atoms with E-state index in [0.717, 1.165) is 0 Å². The average Bonchev–Trinajstić information content (AvgIpc) is 2.39. The number of nitro benzene ring substituents is 1. The van der Waals surface area contributed by atoms with Crippen LogP contribution in [0.4, 0.5) is 5.69 Å². The van der Waals surface area contributed by atoms with Crippen LogP contribution in [0.5, 0.6) is 11.5 Å².